The van der Waals surface area contributed by atoms with Gasteiger partial charge < -0.3 is 9.80 Å². The Hall–Kier alpha value is -5.28. The van der Waals surface area contributed by atoms with Crippen molar-refractivity contribution in [3.05, 3.63) is 121 Å². The van der Waals surface area contributed by atoms with Crippen molar-refractivity contribution in [3.63, 3.8) is 0 Å². The standard InChI is InChI=1S/C24H23N5S.C18H17F2N5S/c1-2-7-18(8-3-1)16-27-30-20-10-6-9-19(15-20)21-11-12-22-23(28-21)24(26-17-25-22)29-13-4-5-14-29;19-18(20)6-8-25(9-7-18)17-16-15(22-11-23-17)5-4-14(24-16)12-2-1-3-13(10-12)26-21/h1-3,6-12,15,17,27H,4-5,13-14,16H2;1-5,10-11H,6-9,21H2. The third-order valence-electron chi connectivity index (χ3n) is 9.83. The Kier molecular flexibility index (Phi) is 11.6. The molecule has 9 rings (SSSR count). The monoisotopic (exact) mass is 786 g/mol. The molecule has 0 spiro atoms. The van der Waals surface area contributed by atoms with Crippen LogP contribution in [0.4, 0.5) is 20.4 Å². The number of benzene rings is 3. The smallest absolute Gasteiger partial charge is 0.251 e. The Bertz CT molecular complexity index is 2420. The first-order valence-corrected chi connectivity index (χ1v) is 20.2. The van der Waals surface area contributed by atoms with E-state index in [9.17, 15) is 8.78 Å². The van der Waals surface area contributed by atoms with Crippen LogP contribution in [0.1, 0.15) is 31.2 Å². The van der Waals surface area contributed by atoms with Gasteiger partial charge in [0.15, 0.2) is 11.6 Å². The van der Waals surface area contributed by atoms with Gasteiger partial charge in [-0.25, -0.2) is 38.7 Å². The van der Waals surface area contributed by atoms with Gasteiger partial charge in [-0.05, 0) is 90.8 Å². The lowest BCUT2D eigenvalue weighted by Crippen LogP contribution is -2.39. The maximum atomic E-state index is 13.5. The van der Waals surface area contributed by atoms with Crippen LogP contribution in [0.25, 0.3) is 44.6 Å². The van der Waals surface area contributed by atoms with Crippen LogP contribution in [0.15, 0.2) is 126 Å². The molecule has 6 heterocycles. The minimum Gasteiger partial charge on any atom is -0.355 e. The molecule has 0 amide bonds. The van der Waals surface area contributed by atoms with E-state index in [2.05, 4.69) is 78.1 Å². The minimum absolute atomic E-state index is 0.173. The number of piperidine rings is 1. The zero-order valence-corrected chi connectivity index (χ0v) is 32.2. The quantitative estimate of drug-likeness (QED) is 0.136. The van der Waals surface area contributed by atoms with Crippen molar-refractivity contribution in [1.29, 1.82) is 0 Å². The molecule has 0 aliphatic carbocycles. The summed E-state index contributed by atoms with van der Waals surface area (Å²) in [6.07, 6.45) is 5.17. The molecule has 0 saturated carbocycles. The lowest BCUT2D eigenvalue weighted by atomic mass is 10.1. The van der Waals surface area contributed by atoms with Crippen molar-refractivity contribution in [2.45, 2.75) is 47.9 Å². The maximum Gasteiger partial charge on any atom is 0.251 e. The van der Waals surface area contributed by atoms with E-state index in [-0.39, 0.29) is 25.9 Å². The van der Waals surface area contributed by atoms with Gasteiger partial charge >= 0.3 is 0 Å². The first-order valence-electron chi connectivity index (χ1n) is 18.5. The van der Waals surface area contributed by atoms with Gasteiger partial charge in [-0.1, -0.05) is 54.6 Å². The summed E-state index contributed by atoms with van der Waals surface area (Å²) >= 11 is 2.82. The SMILES string of the molecule is NSc1cccc(-c2ccc3ncnc(N4CCC(F)(F)CC4)c3n2)c1.c1ccc(CNSc2cccc(-c3ccc4ncnc(N5CCCC5)c4n3)c2)cc1. The number of nitrogens with one attached hydrogen (secondary N) is 1. The topological polar surface area (TPSA) is 122 Å². The van der Waals surface area contributed by atoms with E-state index in [0.717, 1.165) is 68.8 Å². The van der Waals surface area contributed by atoms with Gasteiger partial charge in [-0.15, -0.1) is 0 Å². The maximum absolute atomic E-state index is 13.5. The summed E-state index contributed by atoms with van der Waals surface area (Å²) in [4.78, 5) is 33.5. The second-order valence-corrected chi connectivity index (χ2v) is 15.3. The third-order valence-corrected chi connectivity index (χ3v) is 11.1. The van der Waals surface area contributed by atoms with Gasteiger partial charge in [0.2, 0.25) is 0 Å². The molecule has 10 nitrogen and oxygen atoms in total. The summed E-state index contributed by atoms with van der Waals surface area (Å²) in [5.74, 6) is -1.04. The second-order valence-electron chi connectivity index (χ2n) is 13.6. The van der Waals surface area contributed by atoms with Crippen LogP contribution >= 0.6 is 23.9 Å². The van der Waals surface area contributed by atoms with Gasteiger partial charge in [-0.3, -0.25) is 9.86 Å². The average Bonchev–Trinajstić information content (AvgIpc) is 3.79. The largest absolute Gasteiger partial charge is 0.355 e. The fraction of sp³-hybridized carbons (Fsp3) is 0.238. The second kappa shape index (κ2) is 17.2. The van der Waals surface area contributed by atoms with Crippen molar-refractivity contribution >= 4 is 57.6 Å². The zero-order valence-electron chi connectivity index (χ0n) is 30.6. The van der Waals surface area contributed by atoms with Gasteiger partial charge in [0, 0.05) is 66.5 Å². The van der Waals surface area contributed by atoms with E-state index >= 15 is 0 Å². The fourth-order valence-corrected chi connectivity index (χ4v) is 7.95. The Labute approximate surface area is 332 Å². The van der Waals surface area contributed by atoms with E-state index in [1.165, 1.54) is 36.7 Å². The van der Waals surface area contributed by atoms with E-state index in [0.29, 0.717) is 16.9 Å². The van der Waals surface area contributed by atoms with Crippen LogP contribution in [0, 0.1) is 0 Å². The van der Waals surface area contributed by atoms with E-state index in [1.54, 1.807) is 18.3 Å². The molecule has 0 unspecified atom stereocenters. The molecule has 2 aliphatic heterocycles. The Morgan fingerprint density at radius 2 is 1.18 bits per heavy atom. The number of nitrogens with zero attached hydrogens (tertiary/aromatic N) is 8. The predicted molar refractivity (Wildman–Crippen MR) is 223 cm³/mol. The van der Waals surface area contributed by atoms with Crippen LogP contribution in [0.2, 0.25) is 0 Å². The number of fused-ring (bicyclic) bond motifs is 2. The molecule has 0 radical (unpaired) electrons. The van der Waals surface area contributed by atoms with Gasteiger partial charge in [-0.2, -0.15) is 0 Å². The van der Waals surface area contributed by atoms with Crippen LogP contribution < -0.4 is 19.7 Å². The molecule has 2 fully saturated rings. The number of aromatic nitrogens is 6. The van der Waals surface area contributed by atoms with Crippen LogP contribution in [0.5, 0.6) is 0 Å². The molecular formula is C42H40F2N10S2. The molecule has 4 aromatic heterocycles. The third kappa shape index (κ3) is 8.89. The summed E-state index contributed by atoms with van der Waals surface area (Å²) in [6, 6.07) is 34.5. The van der Waals surface area contributed by atoms with Crippen molar-refractivity contribution in [3.8, 4) is 22.5 Å². The van der Waals surface area contributed by atoms with Crippen molar-refractivity contribution in [2.75, 3.05) is 36.0 Å². The van der Waals surface area contributed by atoms with Crippen LogP contribution in [-0.2, 0) is 6.54 Å². The predicted octanol–water partition coefficient (Wildman–Crippen LogP) is 8.98. The van der Waals surface area contributed by atoms with E-state index in [1.807, 2.05) is 59.5 Å². The molecule has 2 saturated heterocycles. The highest BCUT2D eigenvalue weighted by Crippen LogP contribution is 2.33. The number of hydrogen-bond donors (Lipinski definition) is 2. The van der Waals surface area contributed by atoms with Crippen LogP contribution in [-0.4, -0.2) is 62.0 Å². The summed E-state index contributed by atoms with van der Waals surface area (Å²) in [7, 11) is 0. The normalized spacial score (nSPS) is 15.2. The summed E-state index contributed by atoms with van der Waals surface area (Å²) < 4.78 is 30.4. The Balaban J connectivity index is 0.000000159. The molecule has 2 aliphatic rings. The first-order chi connectivity index (χ1) is 27.4. The number of alkyl halides is 2. The number of pyridine rings is 2. The number of hydrogen-bond acceptors (Lipinski definition) is 12. The molecule has 3 aromatic carbocycles. The lowest BCUT2D eigenvalue weighted by Gasteiger charge is -2.32. The number of nitrogens with two attached hydrogens (primary N) is 1. The molecule has 0 bridgehead atoms. The minimum atomic E-state index is -2.60. The number of halogens is 2. The number of rotatable bonds is 9. The van der Waals surface area contributed by atoms with Gasteiger partial charge in [0.25, 0.3) is 5.92 Å². The zero-order chi connectivity index (χ0) is 38.3. The molecule has 7 aromatic rings. The van der Waals surface area contributed by atoms with E-state index < -0.39 is 5.92 Å². The number of anilines is 2. The highest BCUT2D eigenvalue weighted by Gasteiger charge is 2.35. The first kappa shape index (κ1) is 37.6. The van der Waals surface area contributed by atoms with Crippen molar-refractivity contribution in [1.82, 2.24) is 34.6 Å². The van der Waals surface area contributed by atoms with Crippen molar-refractivity contribution < 1.29 is 8.78 Å². The molecule has 284 valence electrons. The van der Waals surface area contributed by atoms with E-state index in [4.69, 9.17) is 15.1 Å². The van der Waals surface area contributed by atoms with Crippen molar-refractivity contribution in [2.24, 2.45) is 5.14 Å². The summed E-state index contributed by atoms with van der Waals surface area (Å²) in [5.41, 5.74) is 8.12. The fourth-order valence-electron chi connectivity index (χ4n) is 6.86. The molecule has 3 N–H and O–H groups in total. The van der Waals surface area contributed by atoms with Crippen LogP contribution in [0.3, 0.4) is 0 Å². The summed E-state index contributed by atoms with van der Waals surface area (Å²) in [5, 5.41) is 5.64. The molecule has 14 heteroatoms. The lowest BCUT2D eigenvalue weighted by molar-refractivity contribution is -0.0221. The summed E-state index contributed by atoms with van der Waals surface area (Å²) in [6.45, 7) is 3.41. The highest BCUT2D eigenvalue weighted by atomic mass is 32.2. The molecule has 56 heavy (non-hydrogen) atoms. The molecular weight excluding hydrogens is 747 g/mol. The Morgan fingerprint density at radius 1 is 0.625 bits per heavy atom. The van der Waals surface area contributed by atoms with Gasteiger partial charge in [0.05, 0.1) is 22.4 Å². The Morgan fingerprint density at radius 3 is 1.77 bits per heavy atom. The average molecular weight is 787 g/mol. The highest BCUT2D eigenvalue weighted by molar-refractivity contribution is 7.97. The molecule has 0 atom stereocenters. The van der Waals surface area contributed by atoms with Gasteiger partial charge in [0.1, 0.15) is 23.7 Å².